The number of nitrogens with two attached hydrogens (primary N) is 1. The fourth-order valence-electron chi connectivity index (χ4n) is 0.787. The zero-order chi connectivity index (χ0) is 9.56. The summed E-state index contributed by atoms with van der Waals surface area (Å²) in [6.07, 6.45) is 2.52. The summed E-state index contributed by atoms with van der Waals surface area (Å²) in [4.78, 5) is 4.28. The number of hydrogen-bond donors (Lipinski definition) is 2. The average Bonchev–Trinajstić information content (AvgIpc) is 1.96. The van der Waals surface area contributed by atoms with Crippen molar-refractivity contribution in [1.29, 1.82) is 0 Å². The predicted molar refractivity (Wildman–Crippen MR) is 52.3 cm³/mol. The fourth-order valence-corrected chi connectivity index (χ4v) is 0.787. The molecule has 0 aliphatic heterocycles. The molecule has 0 aromatic rings. The number of aliphatic hydroxyl groups is 1. The Hall–Kier alpha value is -0.990. The number of aliphatic imine (C=N–C) groups is 1. The van der Waals surface area contributed by atoms with E-state index in [0.29, 0.717) is 5.92 Å². The van der Waals surface area contributed by atoms with Crippen LogP contribution in [0.15, 0.2) is 17.0 Å². The molecule has 0 fully saturated rings. The van der Waals surface area contributed by atoms with Crippen molar-refractivity contribution in [2.24, 2.45) is 16.6 Å². The smallest absolute Gasteiger partial charge is 0.183 e. The number of hydrogen-bond acceptors (Lipinski definition) is 3. The molecule has 0 aliphatic carbocycles. The van der Waals surface area contributed by atoms with Gasteiger partial charge in [0.25, 0.3) is 0 Å². The molecule has 0 atom stereocenters. The molecule has 0 bridgehead atoms. The van der Waals surface area contributed by atoms with Crippen LogP contribution in [-0.4, -0.2) is 17.4 Å². The SMILES string of the molecule is CCC/N=C(\C=C(/N)O)C(C)C. The van der Waals surface area contributed by atoms with Crippen LogP contribution in [0.25, 0.3) is 0 Å². The molecule has 0 radical (unpaired) electrons. The zero-order valence-electron chi connectivity index (χ0n) is 8.04. The van der Waals surface area contributed by atoms with Crippen molar-refractivity contribution in [1.82, 2.24) is 0 Å². The Kier molecular flexibility index (Phi) is 5.17. The monoisotopic (exact) mass is 170 g/mol. The van der Waals surface area contributed by atoms with E-state index in [9.17, 15) is 0 Å². The third kappa shape index (κ3) is 4.77. The quantitative estimate of drug-likeness (QED) is 0.499. The van der Waals surface area contributed by atoms with E-state index in [1.54, 1.807) is 0 Å². The molecule has 0 spiro atoms. The number of rotatable bonds is 4. The molecule has 0 saturated heterocycles. The van der Waals surface area contributed by atoms with E-state index < -0.39 is 0 Å². The molecule has 0 rings (SSSR count). The van der Waals surface area contributed by atoms with Gasteiger partial charge in [0.15, 0.2) is 5.88 Å². The molecule has 12 heavy (non-hydrogen) atoms. The summed E-state index contributed by atoms with van der Waals surface area (Å²) < 4.78 is 0. The summed E-state index contributed by atoms with van der Waals surface area (Å²) >= 11 is 0. The van der Waals surface area contributed by atoms with Gasteiger partial charge in [-0.2, -0.15) is 0 Å². The van der Waals surface area contributed by atoms with Gasteiger partial charge in [0.2, 0.25) is 0 Å². The summed E-state index contributed by atoms with van der Waals surface area (Å²) in [5, 5.41) is 8.83. The second-order valence-electron chi connectivity index (χ2n) is 3.03. The van der Waals surface area contributed by atoms with Crippen molar-refractivity contribution in [3.05, 3.63) is 12.0 Å². The molecule has 0 aromatic carbocycles. The highest BCUT2D eigenvalue weighted by Gasteiger charge is 2.01. The summed E-state index contributed by atoms with van der Waals surface area (Å²) in [6.45, 7) is 6.90. The molecule has 3 heteroatoms. The third-order valence-corrected chi connectivity index (χ3v) is 1.41. The van der Waals surface area contributed by atoms with Crippen LogP contribution in [0.4, 0.5) is 0 Å². The molecule has 0 aliphatic rings. The van der Waals surface area contributed by atoms with Crippen LogP contribution in [0.5, 0.6) is 0 Å². The molecular weight excluding hydrogens is 152 g/mol. The highest BCUT2D eigenvalue weighted by molar-refractivity contribution is 5.96. The van der Waals surface area contributed by atoms with Crippen LogP contribution in [0.3, 0.4) is 0 Å². The Morgan fingerprint density at radius 1 is 1.58 bits per heavy atom. The maximum Gasteiger partial charge on any atom is 0.183 e. The minimum absolute atomic E-state index is 0.168. The maximum absolute atomic E-state index is 8.83. The molecule has 0 amide bonds. The molecule has 70 valence electrons. The van der Waals surface area contributed by atoms with Crippen molar-refractivity contribution >= 4 is 5.71 Å². The van der Waals surface area contributed by atoms with E-state index in [1.165, 1.54) is 6.08 Å². The lowest BCUT2D eigenvalue weighted by molar-refractivity contribution is 0.406. The van der Waals surface area contributed by atoms with Gasteiger partial charge in [-0.1, -0.05) is 20.8 Å². The maximum atomic E-state index is 8.83. The summed E-state index contributed by atoms with van der Waals surface area (Å²) in [7, 11) is 0. The Balaban J connectivity index is 4.33. The van der Waals surface area contributed by atoms with Crippen LogP contribution in [-0.2, 0) is 0 Å². The second-order valence-corrected chi connectivity index (χ2v) is 3.03. The zero-order valence-corrected chi connectivity index (χ0v) is 8.04. The minimum Gasteiger partial charge on any atom is -0.495 e. The average molecular weight is 170 g/mol. The topological polar surface area (TPSA) is 58.6 Å². The van der Waals surface area contributed by atoms with Crippen LogP contribution in [0.1, 0.15) is 27.2 Å². The molecule has 0 saturated carbocycles. The van der Waals surface area contributed by atoms with E-state index in [2.05, 4.69) is 11.9 Å². The third-order valence-electron chi connectivity index (χ3n) is 1.41. The van der Waals surface area contributed by atoms with Gasteiger partial charge in [0, 0.05) is 18.3 Å². The van der Waals surface area contributed by atoms with Crippen LogP contribution in [0, 0.1) is 5.92 Å². The van der Waals surface area contributed by atoms with Gasteiger partial charge in [-0.25, -0.2) is 0 Å². The molecule has 0 unspecified atom stereocenters. The highest BCUT2D eigenvalue weighted by Crippen LogP contribution is 2.00. The Morgan fingerprint density at radius 3 is 2.50 bits per heavy atom. The standard InChI is InChI=1S/C9H18N2O/c1-4-5-11-8(7(2)3)6-9(10)12/h6-7,12H,4-5,10H2,1-3H3/b9-6+,11-8+. The van der Waals surface area contributed by atoms with Gasteiger partial charge in [-0.05, 0) is 12.3 Å². The lowest BCUT2D eigenvalue weighted by Crippen LogP contribution is -2.08. The van der Waals surface area contributed by atoms with E-state index in [4.69, 9.17) is 10.8 Å². The molecule has 3 nitrogen and oxygen atoms in total. The fraction of sp³-hybridized carbons (Fsp3) is 0.667. The van der Waals surface area contributed by atoms with E-state index in [0.717, 1.165) is 18.7 Å². The van der Waals surface area contributed by atoms with Crippen molar-refractivity contribution in [2.45, 2.75) is 27.2 Å². The molecule has 0 aromatic heterocycles. The molecule has 3 N–H and O–H groups in total. The van der Waals surface area contributed by atoms with Crippen molar-refractivity contribution < 1.29 is 5.11 Å². The first-order valence-corrected chi connectivity index (χ1v) is 4.28. The summed E-state index contributed by atoms with van der Waals surface area (Å²) in [6, 6.07) is 0. The van der Waals surface area contributed by atoms with Gasteiger partial charge >= 0.3 is 0 Å². The largest absolute Gasteiger partial charge is 0.495 e. The van der Waals surface area contributed by atoms with Crippen molar-refractivity contribution in [3.63, 3.8) is 0 Å². The highest BCUT2D eigenvalue weighted by atomic mass is 16.3. The first kappa shape index (κ1) is 11.0. The Morgan fingerprint density at radius 2 is 2.17 bits per heavy atom. The van der Waals surface area contributed by atoms with E-state index >= 15 is 0 Å². The summed E-state index contributed by atoms with van der Waals surface area (Å²) in [5.41, 5.74) is 6.00. The van der Waals surface area contributed by atoms with Crippen LogP contribution >= 0.6 is 0 Å². The molecule has 0 heterocycles. The van der Waals surface area contributed by atoms with Crippen LogP contribution < -0.4 is 5.73 Å². The Labute approximate surface area is 74.0 Å². The lowest BCUT2D eigenvalue weighted by Gasteiger charge is -2.04. The van der Waals surface area contributed by atoms with Crippen molar-refractivity contribution in [3.8, 4) is 0 Å². The van der Waals surface area contributed by atoms with Crippen LogP contribution in [0.2, 0.25) is 0 Å². The number of nitrogens with zero attached hydrogens (tertiary/aromatic N) is 1. The first-order chi connectivity index (χ1) is 5.57. The number of allylic oxidation sites excluding steroid dienone is 1. The number of aliphatic hydroxyl groups excluding tert-OH is 1. The van der Waals surface area contributed by atoms with Gasteiger partial charge in [0.1, 0.15) is 0 Å². The normalized spacial score (nSPS) is 14.0. The molecular formula is C9H18N2O. The second kappa shape index (κ2) is 5.63. The minimum atomic E-state index is -0.168. The summed E-state index contributed by atoms with van der Waals surface area (Å²) in [5.74, 6) is 0.140. The predicted octanol–water partition coefficient (Wildman–Crippen LogP) is 1.85. The van der Waals surface area contributed by atoms with E-state index in [-0.39, 0.29) is 5.88 Å². The van der Waals surface area contributed by atoms with Gasteiger partial charge in [-0.3, -0.25) is 4.99 Å². The first-order valence-electron chi connectivity index (χ1n) is 4.28. The lowest BCUT2D eigenvalue weighted by atomic mass is 10.1. The van der Waals surface area contributed by atoms with E-state index in [1.807, 2.05) is 13.8 Å². The van der Waals surface area contributed by atoms with Gasteiger partial charge in [0.05, 0.1) is 0 Å². The van der Waals surface area contributed by atoms with Crippen molar-refractivity contribution in [2.75, 3.05) is 6.54 Å². The van der Waals surface area contributed by atoms with Gasteiger partial charge in [-0.15, -0.1) is 0 Å². The van der Waals surface area contributed by atoms with Gasteiger partial charge < -0.3 is 10.8 Å². The Bertz CT molecular complexity index is 179.